The number of aromatic carboxylic acids is 1. The molecule has 0 aliphatic heterocycles. The van der Waals surface area contributed by atoms with Crippen LogP contribution in [-0.4, -0.2) is 48.0 Å². The molecule has 0 saturated heterocycles. The Morgan fingerprint density at radius 1 is 0.964 bits per heavy atom. The number of ether oxygens (including phenoxy) is 1. The Morgan fingerprint density at radius 3 is 2.11 bits per heavy atom. The van der Waals surface area contributed by atoms with E-state index >= 15 is 0 Å². The van der Waals surface area contributed by atoms with Crippen LogP contribution in [0.5, 0.6) is 0 Å². The molecule has 0 heterocycles. The predicted octanol–water partition coefficient (Wildman–Crippen LogP) is 3.27. The van der Waals surface area contributed by atoms with E-state index in [9.17, 15) is 19.5 Å². The summed E-state index contributed by atoms with van der Waals surface area (Å²) in [4.78, 5) is 37.8. The first-order chi connectivity index (χ1) is 13.4. The summed E-state index contributed by atoms with van der Waals surface area (Å²) < 4.78 is 5.04. The lowest BCUT2D eigenvalue weighted by atomic mass is 10.1. The SMILES string of the molecule is CCN(CC)C(=O)c1ccc(C(=O)Nc2cc(COC)cc(C(=O)O)c2)cc1. The highest BCUT2D eigenvalue weighted by Gasteiger charge is 2.14. The Bertz CT molecular complexity index is 858. The lowest BCUT2D eigenvalue weighted by Gasteiger charge is -2.18. The normalized spacial score (nSPS) is 10.4. The van der Waals surface area contributed by atoms with Crippen molar-refractivity contribution < 1.29 is 24.2 Å². The average molecular weight is 384 g/mol. The minimum absolute atomic E-state index is 0.0602. The topological polar surface area (TPSA) is 95.9 Å². The standard InChI is InChI=1S/C21H24N2O5/c1-4-23(5-2)20(25)16-8-6-15(7-9-16)19(24)22-18-11-14(13-28-3)10-17(12-18)21(26)27/h6-12H,4-5,13H2,1-3H3,(H,22,24)(H,26,27). The quantitative estimate of drug-likeness (QED) is 0.728. The molecule has 2 aromatic rings. The van der Waals surface area contributed by atoms with Crippen molar-refractivity contribution in [3.63, 3.8) is 0 Å². The molecular formula is C21H24N2O5. The van der Waals surface area contributed by atoms with Gasteiger partial charge in [0, 0.05) is 37.0 Å². The fraction of sp³-hybridized carbons (Fsp3) is 0.286. The first kappa shape index (κ1) is 21.1. The molecule has 0 bridgehead atoms. The number of hydrogen-bond acceptors (Lipinski definition) is 4. The number of hydrogen-bond donors (Lipinski definition) is 2. The highest BCUT2D eigenvalue weighted by atomic mass is 16.5. The Hall–Kier alpha value is -3.19. The van der Waals surface area contributed by atoms with Gasteiger partial charge in [-0.2, -0.15) is 0 Å². The summed E-state index contributed by atoms with van der Waals surface area (Å²) in [5.74, 6) is -1.57. The Balaban J connectivity index is 2.19. The first-order valence-electron chi connectivity index (χ1n) is 8.96. The molecule has 0 atom stereocenters. The minimum atomic E-state index is -1.09. The number of nitrogens with zero attached hydrogens (tertiary/aromatic N) is 1. The monoisotopic (exact) mass is 384 g/mol. The van der Waals surface area contributed by atoms with Crippen LogP contribution in [0.25, 0.3) is 0 Å². The predicted molar refractivity (Wildman–Crippen MR) is 106 cm³/mol. The van der Waals surface area contributed by atoms with Gasteiger partial charge in [-0.05, 0) is 61.9 Å². The lowest BCUT2D eigenvalue weighted by molar-refractivity contribution is 0.0695. The number of methoxy groups -OCH3 is 1. The van der Waals surface area contributed by atoms with Crippen LogP contribution < -0.4 is 5.32 Å². The van der Waals surface area contributed by atoms with E-state index < -0.39 is 11.9 Å². The number of amides is 2. The van der Waals surface area contributed by atoms with E-state index in [4.69, 9.17) is 4.74 Å². The summed E-state index contributed by atoms with van der Waals surface area (Å²) in [7, 11) is 1.51. The molecular weight excluding hydrogens is 360 g/mol. The van der Waals surface area contributed by atoms with Gasteiger partial charge in [-0.25, -0.2) is 4.79 Å². The maximum atomic E-state index is 12.5. The largest absolute Gasteiger partial charge is 0.478 e. The second-order valence-electron chi connectivity index (χ2n) is 6.17. The van der Waals surface area contributed by atoms with Crippen LogP contribution >= 0.6 is 0 Å². The highest BCUT2D eigenvalue weighted by molar-refractivity contribution is 6.05. The van der Waals surface area contributed by atoms with E-state index in [0.717, 1.165) is 0 Å². The average Bonchev–Trinajstić information content (AvgIpc) is 2.69. The van der Waals surface area contributed by atoms with Crippen LogP contribution in [0, 0.1) is 0 Å². The molecule has 7 heteroatoms. The minimum Gasteiger partial charge on any atom is -0.478 e. The van der Waals surface area contributed by atoms with Crippen LogP contribution in [0.4, 0.5) is 5.69 Å². The van der Waals surface area contributed by atoms with Gasteiger partial charge < -0.3 is 20.1 Å². The number of rotatable bonds is 8. The number of benzene rings is 2. The fourth-order valence-corrected chi connectivity index (χ4v) is 2.80. The van der Waals surface area contributed by atoms with Crippen LogP contribution in [0.2, 0.25) is 0 Å². The van der Waals surface area contributed by atoms with Crippen molar-refractivity contribution in [1.29, 1.82) is 0 Å². The summed E-state index contributed by atoms with van der Waals surface area (Å²) in [5.41, 5.74) is 1.93. The molecule has 2 amide bonds. The zero-order valence-corrected chi connectivity index (χ0v) is 16.2. The second-order valence-corrected chi connectivity index (χ2v) is 6.17. The van der Waals surface area contributed by atoms with Crippen molar-refractivity contribution >= 4 is 23.5 Å². The summed E-state index contributed by atoms with van der Waals surface area (Å²) >= 11 is 0. The summed E-state index contributed by atoms with van der Waals surface area (Å²) in [6, 6.07) is 10.9. The zero-order chi connectivity index (χ0) is 20.7. The van der Waals surface area contributed by atoms with Gasteiger partial charge in [-0.1, -0.05) is 0 Å². The molecule has 7 nitrogen and oxygen atoms in total. The van der Waals surface area contributed by atoms with Gasteiger partial charge in [0.05, 0.1) is 12.2 Å². The molecule has 0 unspecified atom stereocenters. The van der Waals surface area contributed by atoms with Gasteiger partial charge in [0.2, 0.25) is 0 Å². The van der Waals surface area contributed by atoms with Crippen molar-refractivity contribution in [2.24, 2.45) is 0 Å². The molecule has 148 valence electrons. The molecule has 0 aliphatic carbocycles. The van der Waals surface area contributed by atoms with Crippen molar-refractivity contribution in [2.45, 2.75) is 20.5 Å². The molecule has 0 aromatic heterocycles. The molecule has 2 aromatic carbocycles. The van der Waals surface area contributed by atoms with Crippen molar-refractivity contribution in [1.82, 2.24) is 4.90 Å². The number of carboxylic acid groups (broad SMARTS) is 1. The second kappa shape index (κ2) is 9.66. The molecule has 2 N–H and O–H groups in total. The van der Waals surface area contributed by atoms with Gasteiger partial charge in [0.15, 0.2) is 0 Å². The van der Waals surface area contributed by atoms with Crippen molar-refractivity contribution in [2.75, 3.05) is 25.5 Å². The van der Waals surface area contributed by atoms with E-state index in [0.29, 0.717) is 35.5 Å². The molecule has 2 rings (SSSR count). The molecule has 0 radical (unpaired) electrons. The van der Waals surface area contributed by atoms with Gasteiger partial charge in [0.25, 0.3) is 11.8 Å². The Labute approximate surface area is 163 Å². The maximum absolute atomic E-state index is 12.5. The van der Waals surface area contributed by atoms with E-state index in [2.05, 4.69) is 5.32 Å². The van der Waals surface area contributed by atoms with Crippen molar-refractivity contribution in [3.8, 4) is 0 Å². The maximum Gasteiger partial charge on any atom is 0.335 e. The molecule has 0 spiro atoms. The third-order valence-corrected chi connectivity index (χ3v) is 4.25. The first-order valence-corrected chi connectivity index (χ1v) is 8.96. The highest BCUT2D eigenvalue weighted by Crippen LogP contribution is 2.18. The number of carbonyl (C=O) groups excluding carboxylic acids is 2. The number of carboxylic acids is 1. The summed E-state index contributed by atoms with van der Waals surface area (Å²) in [5, 5.41) is 11.9. The number of anilines is 1. The molecule has 0 saturated carbocycles. The number of carbonyl (C=O) groups is 3. The van der Waals surface area contributed by atoms with Crippen LogP contribution in [-0.2, 0) is 11.3 Å². The van der Waals surface area contributed by atoms with Crippen LogP contribution in [0.3, 0.4) is 0 Å². The Morgan fingerprint density at radius 2 is 1.57 bits per heavy atom. The third kappa shape index (κ3) is 5.17. The zero-order valence-electron chi connectivity index (χ0n) is 16.2. The summed E-state index contributed by atoms with van der Waals surface area (Å²) in [6.07, 6.45) is 0. The van der Waals surface area contributed by atoms with E-state index in [1.807, 2.05) is 13.8 Å². The van der Waals surface area contributed by atoms with E-state index in [1.54, 1.807) is 35.2 Å². The molecule has 28 heavy (non-hydrogen) atoms. The van der Waals surface area contributed by atoms with Gasteiger partial charge >= 0.3 is 5.97 Å². The van der Waals surface area contributed by atoms with Gasteiger partial charge in [0.1, 0.15) is 0 Å². The Kier molecular flexibility index (Phi) is 7.28. The van der Waals surface area contributed by atoms with Crippen molar-refractivity contribution in [3.05, 3.63) is 64.7 Å². The van der Waals surface area contributed by atoms with Crippen LogP contribution in [0.1, 0.15) is 50.5 Å². The smallest absolute Gasteiger partial charge is 0.335 e. The van der Waals surface area contributed by atoms with E-state index in [-0.39, 0.29) is 18.1 Å². The fourth-order valence-electron chi connectivity index (χ4n) is 2.80. The lowest BCUT2D eigenvalue weighted by Crippen LogP contribution is -2.30. The van der Waals surface area contributed by atoms with Crippen LogP contribution in [0.15, 0.2) is 42.5 Å². The summed E-state index contributed by atoms with van der Waals surface area (Å²) in [6.45, 7) is 5.27. The van der Waals surface area contributed by atoms with Gasteiger partial charge in [-0.15, -0.1) is 0 Å². The van der Waals surface area contributed by atoms with Gasteiger partial charge in [-0.3, -0.25) is 9.59 Å². The van der Waals surface area contributed by atoms with E-state index in [1.165, 1.54) is 19.2 Å². The number of nitrogens with one attached hydrogen (secondary N) is 1. The molecule has 0 aliphatic rings. The molecule has 0 fully saturated rings. The third-order valence-electron chi connectivity index (χ3n) is 4.25.